The lowest BCUT2D eigenvalue weighted by Crippen LogP contribution is -1.99. The maximum Gasteiger partial charge on any atom is 0.355 e. The molecule has 1 heterocycles. The summed E-state index contributed by atoms with van der Waals surface area (Å²) in [7, 11) is 0. The quantitative estimate of drug-likeness (QED) is 0.941. The zero-order valence-electron chi connectivity index (χ0n) is 8.59. The highest BCUT2D eigenvalue weighted by Crippen LogP contribution is 2.25. The number of hydrogen-bond acceptors (Lipinski definition) is 4. The Kier molecular flexibility index (Phi) is 3.75. The zero-order chi connectivity index (χ0) is 12.3. The molecule has 1 aromatic carbocycles. The molecule has 0 atom stereocenters. The standard InChI is InChI=1S/C11H8BrNO3S/c12-7-3-1-2-4-9(7)16-5-10-13-8(6-17-10)11(14)15/h1-4,6H,5H2,(H,14,15). The molecule has 0 saturated carbocycles. The number of carboxylic acids is 1. The first-order valence-electron chi connectivity index (χ1n) is 4.72. The normalized spacial score (nSPS) is 10.2. The van der Waals surface area contributed by atoms with Crippen molar-refractivity contribution in [1.82, 2.24) is 4.98 Å². The van der Waals surface area contributed by atoms with Crippen molar-refractivity contribution < 1.29 is 14.6 Å². The fourth-order valence-electron chi connectivity index (χ4n) is 1.18. The van der Waals surface area contributed by atoms with Crippen molar-refractivity contribution in [2.45, 2.75) is 6.61 Å². The Morgan fingerprint density at radius 2 is 2.24 bits per heavy atom. The number of aromatic carboxylic acids is 1. The van der Waals surface area contributed by atoms with Gasteiger partial charge in [-0.25, -0.2) is 9.78 Å². The SMILES string of the molecule is O=C(O)c1csc(COc2ccccc2Br)n1. The summed E-state index contributed by atoms with van der Waals surface area (Å²) in [6.07, 6.45) is 0. The number of para-hydroxylation sites is 1. The Balaban J connectivity index is 2.02. The molecule has 4 nitrogen and oxygen atoms in total. The van der Waals surface area contributed by atoms with Gasteiger partial charge in [0.05, 0.1) is 4.47 Å². The summed E-state index contributed by atoms with van der Waals surface area (Å²) < 4.78 is 6.38. The molecule has 0 fully saturated rings. The number of halogens is 1. The van der Waals surface area contributed by atoms with E-state index in [2.05, 4.69) is 20.9 Å². The van der Waals surface area contributed by atoms with Crippen LogP contribution in [0.25, 0.3) is 0 Å². The summed E-state index contributed by atoms with van der Waals surface area (Å²) in [5.41, 5.74) is 0.0562. The third-order valence-electron chi connectivity index (χ3n) is 1.96. The van der Waals surface area contributed by atoms with Crippen LogP contribution < -0.4 is 4.74 Å². The van der Waals surface area contributed by atoms with E-state index in [1.807, 2.05) is 24.3 Å². The monoisotopic (exact) mass is 313 g/mol. The van der Waals surface area contributed by atoms with E-state index in [-0.39, 0.29) is 12.3 Å². The van der Waals surface area contributed by atoms with Crippen LogP contribution in [0.2, 0.25) is 0 Å². The lowest BCUT2D eigenvalue weighted by molar-refractivity contribution is 0.0691. The molecule has 0 amide bonds. The van der Waals surface area contributed by atoms with Crippen LogP contribution in [-0.2, 0) is 6.61 Å². The molecule has 0 aliphatic carbocycles. The number of carboxylic acid groups (broad SMARTS) is 1. The predicted molar refractivity (Wildman–Crippen MR) is 67.5 cm³/mol. The highest BCUT2D eigenvalue weighted by molar-refractivity contribution is 9.10. The van der Waals surface area contributed by atoms with Crippen molar-refractivity contribution in [2.24, 2.45) is 0 Å². The van der Waals surface area contributed by atoms with Gasteiger partial charge in [-0.2, -0.15) is 0 Å². The Labute approximate surface area is 110 Å². The predicted octanol–water partition coefficient (Wildman–Crippen LogP) is 3.18. The number of ether oxygens (including phenoxy) is 1. The molecule has 0 aliphatic rings. The highest BCUT2D eigenvalue weighted by Gasteiger charge is 2.09. The van der Waals surface area contributed by atoms with Crippen molar-refractivity contribution in [3.63, 3.8) is 0 Å². The first-order valence-corrected chi connectivity index (χ1v) is 6.39. The van der Waals surface area contributed by atoms with Crippen LogP contribution >= 0.6 is 27.3 Å². The second-order valence-corrected chi connectivity index (χ2v) is 4.95. The van der Waals surface area contributed by atoms with Gasteiger partial charge in [-0.15, -0.1) is 11.3 Å². The van der Waals surface area contributed by atoms with Gasteiger partial charge >= 0.3 is 5.97 Å². The van der Waals surface area contributed by atoms with Gasteiger partial charge in [-0.1, -0.05) is 12.1 Å². The molecule has 0 unspecified atom stereocenters. The minimum absolute atomic E-state index is 0.0562. The molecule has 0 radical (unpaired) electrons. The van der Waals surface area contributed by atoms with E-state index >= 15 is 0 Å². The molecule has 1 aromatic heterocycles. The van der Waals surface area contributed by atoms with Crippen LogP contribution in [0.1, 0.15) is 15.5 Å². The fourth-order valence-corrected chi connectivity index (χ4v) is 2.26. The minimum atomic E-state index is -1.02. The molecule has 0 bridgehead atoms. The first kappa shape index (κ1) is 12.1. The van der Waals surface area contributed by atoms with Crippen molar-refractivity contribution in [1.29, 1.82) is 0 Å². The summed E-state index contributed by atoms with van der Waals surface area (Å²) in [4.78, 5) is 14.6. The summed E-state index contributed by atoms with van der Waals surface area (Å²) in [5, 5.41) is 10.9. The summed E-state index contributed by atoms with van der Waals surface area (Å²) >= 11 is 4.63. The van der Waals surface area contributed by atoms with Gasteiger partial charge in [0, 0.05) is 5.38 Å². The van der Waals surface area contributed by atoms with Crippen LogP contribution in [-0.4, -0.2) is 16.1 Å². The van der Waals surface area contributed by atoms with E-state index in [9.17, 15) is 4.79 Å². The van der Waals surface area contributed by atoms with Gasteiger partial charge in [-0.3, -0.25) is 0 Å². The Bertz CT molecular complexity index is 541. The fraction of sp³-hybridized carbons (Fsp3) is 0.0909. The molecule has 0 aliphatic heterocycles. The molecule has 1 N–H and O–H groups in total. The maximum absolute atomic E-state index is 10.6. The Hall–Kier alpha value is -1.40. The molecular formula is C11H8BrNO3S. The molecule has 2 rings (SSSR count). The number of thiazole rings is 1. The third kappa shape index (κ3) is 3.04. The summed E-state index contributed by atoms with van der Waals surface area (Å²) in [6, 6.07) is 7.46. The van der Waals surface area contributed by atoms with E-state index in [1.165, 1.54) is 16.7 Å². The molecular weight excluding hydrogens is 306 g/mol. The second kappa shape index (κ2) is 5.29. The van der Waals surface area contributed by atoms with E-state index in [1.54, 1.807) is 0 Å². The number of benzene rings is 1. The number of rotatable bonds is 4. The van der Waals surface area contributed by atoms with E-state index in [4.69, 9.17) is 9.84 Å². The third-order valence-corrected chi connectivity index (χ3v) is 3.44. The largest absolute Gasteiger partial charge is 0.485 e. The maximum atomic E-state index is 10.6. The molecule has 0 spiro atoms. The van der Waals surface area contributed by atoms with E-state index in [0.717, 1.165) is 4.47 Å². The molecule has 88 valence electrons. The summed E-state index contributed by atoms with van der Waals surface area (Å²) in [6.45, 7) is 0.264. The highest BCUT2D eigenvalue weighted by atomic mass is 79.9. The topological polar surface area (TPSA) is 59.4 Å². The van der Waals surface area contributed by atoms with Crippen molar-refractivity contribution >= 4 is 33.2 Å². The average Bonchev–Trinajstić information content (AvgIpc) is 2.77. The molecule has 17 heavy (non-hydrogen) atoms. The zero-order valence-corrected chi connectivity index (χ0v) is 11.0. The first-order chi connectivity index (χ1) is 8.16. The Morgan fingerprint density at radius 3 is 2.88 bits per heavy atom. The second-order valence-electron chi connectivity index (χ2n) is 3.15. The lowest BCUT2D eigenvalue weighted by atomic mass is 10.3. The lowest BCUT2D eigenvalue weighted by Gasteiger charge is -2.05. The van der Waals surface area contributed by atoms with Crippen molar-refractivity contribution in [3.05, 3.63) is 44.8 Å². The van der Waals surface area contributed by atoms with Crippen LogP contribution in [0.5, 0.6) is 5.75 Å². The number of carbonyl (C=O) groups is 1. The minimum Gasteiger partial charge on any atom is -0.485 e. The van der Waals surface area contributed by atoms with Gasteiger partial charge in [0.2, 0.25) is 0 Å². The average molecular weight is 314 g/mol. The van der Waals surface area contributed by atoms with Crippen LogP contribution in [0.15, 0.2) is 34.1 Å². The van der Waals surface area contributed by atoms with Crippen molar-refractivity contribution in [3.8, 4) is 5.75 Å². The molecule has 0 saturated heterocycles. The van der Waals surface area contributed by atoms with Crippen LogP contribution in [0.4, 0.5) is 0 Å². The van der Waals surface area contributed by atoms with Gasteiger partial charge < -0.3 is 9.84 Å². The van der Waals surface area contributed by atoms with E-state index < -0.39 is 5.97 Å². The van der Waals surface area contributed by atoms with E-state index in [0.29, 0.717) is 10.8 Å². The number of nitrogens with zero attached hydrogens (tertiary/aromatic N) is 1. The van der Waals surface area contributed by atoms with Crippen LogP contribution in [0.3, 0.4) is 0 Å². The van der Waals surface area contributed by atoms with Crippen molar-refractivity contribution in [2.75, 3.05) is 0 Å². The van der Waals surface area contributed by atoms with Gasteiger partial charge in [-0.05, 0) is 28.1 Å². The van der Waals surface area contributed by atoms with Gasteiger partial charge in [0.15, 0.2) is 5.69 Å². The molecule has 2 aromatic rings. The summed E-state index contributed by atoms with van der Waals surface area (Å²) in [5.74, 6) is -0.312. The van der Waals surface area contributed by atoms with Gasteiger partial charge in [0.1, 0.15) is 17.4 Å². The number of hydrogen-bond donors (Lipinski definition) is 1. The smallest absolute Gasteiger partial charge is 0.355 e. The Morgan fingerprint density at radius 1 is 1.47 bits per heavy atom. The molecule has 6 heteroatoms. The number of aromatic nitrogens is 1. The van der Waals surface area contributed by atoms with Crippen LogP contribution in [0, 0.1) is 0 Å². The van der Waals surface area contributed by atoms with Gasteiger partial charge in [0.25, 0.3) is 0 Å².